The zero-order chi connectivity index (χ0) is 14.8. The van der Waals surface area contributed by atoms with Crippen molar-refractivity contribution in [3.63, 3.8) is 0 Å². The monoisotopic (exact) mass is 292 g/mol. The summed E-state index contributed by atoms with van der Waals surface area (Å²) in [6, 6.07) is 0.696. The summed E-state index contributed by atoms with van der Waals surface area (Å²) in [4.78, 5) is 0. The predicted molar refractivity (Wildman–Crippen MR) is 84.4 cm³/mol. The molecule has 8 atom stereocenters. The van der Waals surface area contributed by atoms with Gasteiger partial charge in [-0.15, -0.1) is 0 Å². The van der Waals surface area contributed by atoms with Crippen LogP contribution in [0, 0.1) is 34.5 Å². The first kappa shape index (κ1) is 14.5. The van der Waals surface area contributed by atoms with Crippen LogP contribution in [0.1, 0.15) is 71.6 Å². The van der Waals surface area contributed by atoms with Crippen LogP contribution in [0.3, 0.4) is 0 Å². The molecule has 0 aromatic rings. The molecular weight excluding hydrogens is 258 g/mol. The molecule has 120 valence electrons. The third kappa shape index (κ3) is 1.91. The molecule has 0 bridgehead atoms. The number of fused-ring (bicyclic) bond motifs is 5. The fourth-order valence-electron chi connectivity index (χ4n) is 7.34. The number of quaternary nitrogens is 1. The first-order valence-corrected chi connectivity index (χ1v) is 9.46. The molecule has 0 spiro atoms. The lowest BCUT2D eigenvalue weighted by Gasteiger charge is -2.60. The van der Waals surface area contributed by atoms with Gasteiger partial charge in [0.05, 0.1) is 12.1 Å². The molecule has 2 nitrogen and oxygen atoms in total. The molecule has 4 rings (SSSR count). The van der Waals surface area contributed by atoms with Gasteiger partial charge in [-0.2, -0.15) is 0 Å². The van der Waals surface area contributed by atoms with Gasteiger partial charge in [-0.25, -0.2) is 0 Å². The van der Waals surface area contributed by atoms with E-state index in [1.807, 2.05) is 0 Å². The summed E-state index contributed by atoms with van der Waals surface area (Å²) < 4.78 is 0. The van der Waals surface area contributed by atoms with Crippen molar-refractivity contribution in [1.29, 1.82) is 0 Å². The van der Waals surface area contributed by atoms with Gasteiger partial charge in [0.25, 0.3) is 0 Å². The lowest BCUT2D eigenvalue weighted by molar-refractivity contribution is -0.445. The minimum atomic E-state index is -0.0100. The van der Waals surface area contributed by atoms with Gasteiger partial charge < -0.3 is 10.8 Å². The lowest BCUT2D eigenvalue weighted by atomic mass is 9.45. The molecule has 0 heterocycles. The third-order valence-corrected chi connectivity index (χ3v) is 8.83. The summed E-state index contributed by atoms with van der Waals surface area (Å²) in [7, 11) is 0. The van der Waals surface area contributed by atoms with Crippen LogP contribution in [-0.2, 0) is 0 Å². The first-order chi connectivity index (χ1) is 9.95. The molecular formula is C19H34NO+. The second-order valence-corrected chi connectivity index (χ2v) is 9.40. The van der Waals surface area contributed by atoms with Crippen LogP contribution >= 0.6 is 0 Å². The average molecular weight is 292 g/mol. The highest BCUT2D eigenvalue weighted by atomic mass is 16.3. The Labute approximate surface area is 129 Å². The molecule has 0 aromatic carbocycles. The van der Waals surface area contributed by atoms with Crippen molar-refractivity contribution in [2.24, 2.45) is 34.5 Å². The van der Waals surface area contributed by atoms with Crippen LogP contribution in [0.2, 0.25) is 0 Å². The van der Waals surface area contributed by atoms with E-state index >= 15 is 0 Å². The highest BCUT2D eigenvalue weighted by Crippen LogP contribution is 2.65. The maximum Gasteiger partial charge on any atom is 0.0900 e. The third-order valence-electron chi connectivity index (χ3n) is 8.83. The number of aliphatic hydroxyl groups is 1. The van der Waals surface area contributed by atoms with Crippen molar-refractivity contribution in [3.8, 4) is 0 Å². The van der Waals surface area contributed by atoms with Crippen LogP contribution in [0.4, 0.5) is 0 Å². The molecule has 4 aliphatic carbocycles. The smallest absolute Gasteiger partial charge is 0.0900 e. The van der Waals surface area contributed by atoms with Crippen LogP contribution < -0.4 is 5.73 Å². The SMILES string of the molecule is CC12CC[C@@H](O)C[C@@H]1CCC1C2CCC2(C)C1CC[C@H]2[NH3+]. The van der Waals surface area contributed by atoms with E-state index in [-0.39, 0.29) is 6.10 Å². The molecule has 4 fully saturated rings. The highest BCUT2D eigenvalue weighted by Gasteiger charge is 2.60. The Morgan fingerprint density at radius 2 is 1.57 bits per heavy atom. The topological polar surface area (TPSA) is 47.9 Å². The fourth-order valence-corrected chi connectivity index (χ4v) is 7.34. The molecule has 0 aliphatic heterocycles. The Hall–Kier alpha value is -0.0800. The predicted octanol–water partition coefficient (Wildman–Crippen LogP) is 3.00. The van der Waals surface area contributed by atoms with Gasteiger partial charge in [-0.05, 0) is 80.5 Å². The standard InChI is InChI=1S/C19H33NO/c1-18-9-7-13(21)11-12(18)3-4-14-15-5-6-17(20)19(15,2)10-8-16(14)18/h12-17,21H,3-11,20H2,1-2H3/p+1/t12-,13+,14?,15?,16?,17+,18?,19?/m0/s1. The van der Waals surface area contributed by atoms with Gasteiger partial charge in [0.15, 0.2) is 0 Å². The van der Waals surface area contributed by atoms with Crippen molar-refractivity contribution >= 4 is 0 Å². The maximum atomic E-state index is 10.1. The van der Waals surface area contributed by atoms with E-state index in [9.17, 15) is 5.11 Å². The van der Waals surface area contributed by atoms with Gasteiger partial charge in [-0.3, -0.25) is 0 Å². The first-order valence-electron chi connectivity index (χ1n) is 9.46. The molecule has 5 unspecified atom stereocenters. The van der Waals surface area contributed by atoms with E-state index in [1.54, 1.807) is 0 Å². The van der Waals surface area contributed by atoms with Crippen LogP contribution in [0.25, 0.3) is 0 Å². The lowest BCUT2D eigenvalue weighted by Crippen LogP contribution is -2.68. The average Bonchev–Trinajstić information content (AvgIpc) is 2.76. The molecule has 0 aromatic heterocycles. The summed E-state index contributed by atoms with van der Waals surface area (Å²) in [5.74, 6) is 3.64. The van der Waals surface area contributed by atoms with Gasteiger partial charge in [0.1, 0.15) is 0 Å². The van der Waals surface area contributed by atoms with Crippen LogP contribution in [-0.4, -0.2) is 17.3 Å². The second kappa shape index (κ2) is 4.71. The summed E-state index contributed by atoms with van der Waals surface area (Å²) in [5, 5.41) is 10.1. The quantitative estimate of drug-likeness (QED) is 0.708. The van der Waals surface area contributed by atoms with Crippen LogP contribution in [0.15, 0.2) is 0 Å². The van der Waals surface area contributed by atoms with Crippen molar-refractivity contribution < 1.29 is 10.8 Å². The van der Waals surface area contributed by atoms with Crippen molar-refractivity contribution in [2.75, 3.05) is 0 Å². The van der Waals surface area contributed by atoms with E-state index in [0.29, 0.717) is 16.9 Å². The molecule has 2 heteroatoms. The van der Waals surface area contributed by atoms with Gasteiger partial charge in [0, 0.05) is 11.8 Å². The fraction of sp³-hybridized carbons (Fsp3) is 1.00. The summed E-state index contributed by atoms with van der Waals surface area (Å²) in [6.07, 6.45) is 11.9. The van der Waals surface area contributed by atoms with Crippen LogP contribution in [0.5, 0.6) is 0 Å². The minimum absolute atomic E-state index is 0.0100. The molecule has 0 amide bonds. The molecule has 4 N–H and O–H groups in total. The Morgan fingerprint density at radius 1 is 0.857 bits per heavy atom. The van der Waals surface area contributed by atoms with Gasteiger partial charge >= 0.3 is 0 Å². The Morgan fingerprint density at radius 3 is 2.38 bits per heavy atom. The number of aliphatic hydroxyl groups excluding tert-OH is 1. The van der Waals surface area contributed by atoms with Crippen molar-refractivity contribution in [1.82, 2.24) is 0 Å². The van der Waals surface area contributed by atoms with Gasteiger partial charge in [0.2, 0.25) is 0 Å². The molecule has 0 saturated heterocycles. The summed E-state index contributed by atoms with van der Waals surface area (Å²) in [5.41, 5.74) is 5.58. The molecule has 4 aliphatic rings. The normalized spacial score (nSPS) is 60.0. The second-order valence-electron chi connectivity index (χ2n) is 9.40. The Balaban J connectivity index is 1.62. The van der Waals surface area contributed by atoms with E-state index in [4.69, 9.17) is 0 Å². The maximum absolute atomic E-state index is 10.1. The summed E-state index contributed by atoms with van der Waals surface area (Å²) >= 11 is 0. The van der Waals surface area contributed by atoms with E-state index < -0.39 is 0 Å². The minimum Gasteiger partial charge on any atom is -0.393 e. The highest BCUT2D eigenvalue weighted by molar-refractivity contribution is 5.09. The number of rotatable bonds is 0. The number of hydrogen-bond acceptors (Lipinski definition) is 1. The summed E-state index contributed by atoms with van der Waals surface area (Å²) in [6.45, 7) is 5.14. The number of hydrogen-bond donors (Lipinski definition) is 2. The zero-order valence-electron chi connectivity index (χ0n) is 14.0. The largest absolute Gasteiger partial charge is 0.393 e. The van der Waals surface area contributed by atoms with Crippen molar-refractivity contribution in [2.45, 2.75) is 83.8 Å². The molecule has 21 heavy (non-hydrogen) atoms. The van der Waals surface area contributed by atoms with E-state index in [2.05, 4.69) is 19.6 Å². The Bertz CT molecular complexity index is 424. The zero-order valence-corrected chi connectivity index (χ0v) is 14.0. The molecule has 0 radical (unpaired) electrons. The van der Waals surface area contributed by atoms with Gasteiger partial charge in [-0.1, -0.05) is 13.8 Å². The molecule has 4 saturated carbocycles. The van der Waals surface area contributed by atoms with E-state index in [1.165, 1.54) is 44.9 Å². The Kier molecular flexibility index (Phi) is 3.25. The van der Waals surface area contributed by atoms with Crippen molar-refractivity contribution in [3.05, 3.63) is 0 Å². The van der Waals surface area contributed by atoms with E-state index in [0.717, 1.165) is 36.5 Å².